The van der Waals surface area contributed by atoms with Crippen LogP contribution in [0.25, 0.3) is 0 Å². The van der Waals surface area contributed by atoms with Gasteiger partial charge in [-0.1, -0.05) is 19.3 Å². The van der Waals surface area contributed by atoms with Gasteiger partial charge >= 0.3 is 5.97 Å². The maximum absolute atomic E-state index is 12.0. The molecular formula is C16H29NO3. The lowest BCUT2D eigenvalue weighted by Gasteiger charge is -2.29. The lowest BCUT2D eigenvalue weighted by molar-refractivity contribution is -0.148. The second-order valence-electron chi connectivity index (χ2n) is 6.48. The molecule has 0 bridgehead atoms. The fraction of sp³-hybridized carbons (Fsp3) is 0.938. The van der Waals surface area contributed by atoms with Crippen molar-refractivity contribution in [2.75, 3.05) is 13.7 Å². The molecule has 2 saturated carbocycles. The van der Waals surface area contributed by atoms with E-state index in [1.807, 2.05) is 6.92 Å². The van der Waals surface area contributed by atoms with Crippen LogP contribution in [0.4, 0.5) is 0 Å². The van der Waals surface area contributed by atoms with Crippen LogP contribution in [0.3, 0.4) is 0 Å². The first-order valence-electron chi connectivity index (χ1n) is 8.12. The van der Waals surface area contributed by atoms with E-state index in [1.54, 1.807) is 0 Å². The molecule has 2 aliphatic rings. The van der Waals surface area contributed by atoms with Gasteiger partial charge in [-0.05, 0) is 45.4 Å². The van der Waals surface area contributed by atoms with Gasteiger partial charge in [-0.2, -0.15) is 0 Å². The summed E-state index contributed by atoms with van der Waals surface area (Å²) in [6.07, 6.45) is 10.8. The van der Waals surface area contributed by atoms with Gasteiger partial charge in [0.05, 0.1) is 13.2 Å². The molecule has 2 aliphatic carbocycles. The summed E-state index contributed by atoms with van der Waals surface area (Å²) in [5.41, 5.74) is -0.550. The van der Waals surface area contributed by atoms with Gasteiger partial charge in [-0.25, -0.2) is 0 Å². The van der Waals surface area contributed by atoms with Crippen LogP contribution in [-0.4, -0.2) is 37.4 Å². The maximum atomic E-state index is 12.0. The summed E-state index contributed by atoms with van der Waals surface area (Å²) in [6, 6.07) is 0.498. The molecule has 0 heterocycles. The molecule has 0 aliphatic heterocycles. The highest BCUT2D eigenvalue weighted by Crippen LogP contribution is 2.26. The van der Waals surface area contributed by atoms with E-state index in [0.717, 1.165) is 19.4 Å². The Hall–Kier alpha value is -0.610. The predicted molar refractivity (Wildman–Crippen MR) is 78.6 cm³/mol. The van der Waals surface area contributed by atoms with E-state index in [2.05, 4.69) is 5.32 Å². The van der Waals surface area contributed by atoms with Crippen molar-refractivity contribution in [3.8, 4) is 0 Å². The third-order valence-electron chi connectivity index (χ3n) is 4.46. The minimum absolute atomic E-state index is 0.151. The van der Waals surface area contributed by atoms with Crippen molar-refractivity contribution in [1.29, 1.82) is 0 Å². The Morgan fingerprint density at radius 2 is 1.90 bits per heavy atom. The van der Waals surface area contributed by atoms with Crippen molar-refractivity contribution in [1.82, 2.24) is 5.32 Å². The van der Waals surface area contributed by atoms with E-state index in [1.165, 1.54) is 52.1 Å². The number of hydrogen-bond donors (Lipinski definition) is 1. The van der Waals surface area contributed by atoms with E-state index in [0.29, 0.717) is 12.1 Å². The topological polar surface area (TPSA) is 47.6 Å². The lowest BCUT2D eigenvalue weighted by atomic mass is 9.95. The summed E-state index contributed by atoms with van der Waals surface area (Å²) in [5.74, 6) is -0.151. The summed E-state index contributed by atoms with van der Waals surface area (Å²) >= 11 is 0. The van der Waals surface area contributed by atoms with Crippen molar-refractivity contribution in [2.45, 2.75) is 82.4 Å². The molecule has 1 unspecified atom stereocenters. The van der Waals surface area contributed by atoms with Crippen LogP contribution in [0.1, 0.15) is 64.7 Å². The molecule has 0 amide bonds. The highest BCUT2D eigenvalue weighted by Gasteiger charge is 2.38. The van der Waals surface area contributed by atoms with Gasteiger partial charge in [0.2, 0.25) is 0 Å². The van der Waals surface area contributed by atoms with Gasteiger partial charge in [-0.15, -0.1) is 0 Å². The molecule has 0 saturated heterocycles. The average molecular weight is 283 g/mol. The van der Waals surface area contributed by atoms with Gasteiger partial charge in [0.15, 0.2) is 0 Å². The Morgan fingerprint density at radius 3 is 2.50 bits per heavy atom. The molecule has 2 fully saturated rings. The Kier molecular flexibility index (Phi) is 5.85. The number of esters is 1. The monoisotopic (exact) mass is 283 g/mol. The van der Waals surface area contributed by atoms with Crippen molar-refractivity contribution in [3.63, 3.8) is 0 Å². The first-order valence-corrected chi connectivity index (χ1v) is 8.12. The second kappa shape index (κ2) is 7.41. The Bertz CT molecular complexity index is 311. The molecule has 1 N–H and O–H groups in total. The van der Waals surface area contributed by atoms with Gasteiger partial charge in [0.1, 0.15) is 5.54 Å². The molecule has 2 rings (SSSR count). The number of carbonyl (C=O) groups excluding carboxylic acids is 1. The zero-order valence-corrected chi connectivity index (χ0v) is 13.0. The fourth-order valence-corrected chi connectivity index (χ4v) is 3.04. The van der Waals surface area contributed by atoms with E-state index >= 15 is 0 Å². The van der Waals surface area contributed by atoms with Gasteiger partial charge < -0.3 is 9.47 Å². The van der Waals surface area contributed by atoms with E-state index in [4.69, 9.17) is 9.47 Å². The summed E-state index contributed by atoms with van der Waals surface area (Å²) in [5, 5.41) is 3.43. The number of carbonyl (C=O) groups is 1. The summed E-state index contributed by atoms with van der Waals surface area (Å²) in [6.45, 7) is 2.71. The molecule has 116 valence electrons. The van der Waals surface area contributed by atoms with Crippen molar-refractivity contribution < 1.29 is 14.3 Å². The van der Waals surface area contributed by atoms with Crippen LogP contribution in [0.2, 0.25) is 0 Å². The number of methoxy groups -OCH3 is 1. The third-order valence-corrected chi connectivity index (χ3v) is 4.46. The normalized spacial score (nSPS) is 23.3. The molecule has 0 aromatic heterocycles. The van der Waals surface area contributed by atoms with Crippen LogP contribution >= 0.6 is 0 Å². The molecule has 0 spiro atoms. The lowest BCUT2D eigenvalue weighted by Crippen LogP contribution is -2.51. The second-order valence-corrected chi connectivity index (χ2v) is 6.48. The summed E-state index contributed by atoms with van der Waals surface area (Å²) in [7, 11) is 1.47. The Labute approximate surface area is 122 Å². The van der Waals surface area contributed by atoms with Crippen LogP contribution in [-0.2, 0) is 14.3 Å². The highest BCUT2D eigenvalue weighted by molar-refractivity contribution is 5.80. The molecule has 0 aromatic carbocycles. The smallest absolute Gasteiger partial charge is 0.325 e. The van der Waals surface area contributed by atoms with Crippen LogP contribution in [0.15, 0.2) is 0 Å². The van der Waals surface area contributed by atoms with Crippen LogP contribution in [0.5, 0.6) is 0 Å². The molecule has 0 radical (unpaired) electrons. The van der Waals surface area contributed by atoms with E-state index in [9.17, 15) is 4.79 Å². The van der Waals surface area contributed by atoms with Gasteiger partial charge in [0.25, 0.3) is 0 Å². The number of rotatable bonds is 8. The number of hydrogen-bond acceptors (Lipinski definition) is 4. The molecule has 20 heavy (non-hydrogen) atoms. The molecular weight excluding hydrogens is 254 g/mol. The first-order chi connectivity index (χ1) is 9.64. The SMILES string of the molecule is COC(=O)C(C)(CCCOC1CCCCC1)NC1CC1. The minimum atomic E-state index is -0.550. The van der Waals surface area contributed by atoms with Gasteiger partial charge in [-0.3, -0.25) is 10.1 Å². The first kappa shape index (κ1) is 15.8. The van der Waals surface area contributed by atoms with Gasteiger partial charge in [0, 0.05) is 12.6 Å². The minimum Gasteiger partial charge on any atom is -0.468 e. The average Bonchev–Trinajstić information content (AvgIpc) is 3.27. The molecule has 0 aromatic rings. The number of nitrogens with one attached hydrogen (secondary N) is 1. The highest BCUT2D eigenvalue weighted by atomic mass is 16.5. The van der Waals surface area contributed by atoms with Crippen LogP contribution < -0.4 is 5.32 Å². The zero-order chi connectivity index (χ0) is 14.4. The molecule has 4 nitrogen and oxygen atoms in total. The fourth-order valence-electron chi connectivity index (χ4n) is 3.04. The zero-order valence-electron chi connectivity index (χ0n) is 13.0. The standard InChI is InChI=1S/C16H29NO3/c1-16(15(18)19-2,17-13-9-10-13)11-6-12-20-14-7-4-3-5-8-14/h13-14,17H,3-12H2,1-2H3. The van der Waals surface area contributed by atoms with E-state index < -0.39 is 5.54 Å². The predicted octanol–water partition coefficient (Wildman–Crippen LogP) is 2.80. The van der Waals surface area contributed by atoms with E-state index in [-0.39, 0.29) is 5.97 Å². The maximum Gasteiger partial charge on any atom is 0.325 e. The Balaban J connectivity index is 1.69. The number of ether oxygens (including phenoxy) is 2. The third kappa shape index (κ3) is 4.74. The van der Waals surface area contributed by atoms with Crippen LogP contribution in [0, 0.1) is 0 Å². The van der Waals surface area contributed by atoms with Crippen molar-refractivity contribution in [3.05, 3.63) is 0 Å². The largest absolute Gasteiger partial charge is 0.468 e. The van der Waals surface area contributed by atoms with Crippen molar-refractivity contribution in [2.24, 2.45) is 0 Å². The summed E-state index contributed by atoms with van der Waals surface area (Å²) in [4.78, 5) is 12.0. The van der Waals surface area contributed by atoms with Crippen molar-refractivity contribution >= 4 is 5.97 Å². The Morgan fingerprint density at radius 1 is 1.20 bits per heavy atom. The molecule has 4 heteroatoms. The quantitative estimate of drug-likeness (QED) is 0.549. The molecule has 1 atom stereocenters. The summed E-state index contributed by atoms with van der Waals surface area (Å²) < 4.78 is 10.9.